The van der Waals surface area contributed by atoms with Gasteiger partial charge in [0.2, 0.25) is 0 Å². The number of aromatic nitrogens is 16. The molecule has 0 fully saturated rings. The minimum Gasteiger partial charge on any atom is -0.496 e. The summed E-state index contributed by atoms with van der Waals surface area (Å²) in [6.45, 7) is -0.634. The third-order valence-electron chi connectivity index (χ3n) is 18.8. The van der Waals surface area contributed by atoms with Crippen LogP contribution in [-0.2, 0) is 28.2 Å². The van der Waals surface area contributed by atoms with Gasteiger partial charge in [-0.05, 0) is 123 Å². The molecule has 0 N–H and O–H groups in total. The van der Waals surface area contributed by atoms with Crippen LogP contribution < -0.4 is 37.9 Å². The molecule has 10 heterocycles. The number of pyridine rings is 2. The van der Waals surface area contributed by atoms with E-state index in [2.05, 4.69) is 49.8 Å². The number of aryl methyl sites for hydroxylation is 4. The number of halogens is 4. The normalized spacial score (nSPS) is 11.1. The summed E-state index contributed by atoms with van der Waals surface area (Å²) in [4.78, 5) is 65.9. The number of hydrogen-bond donors (Lipinski definition) is 0. The van der Waals surface area contributed by atoms with Gasteiger partial charge in [0.1, 0.15) is 92.2 Å². The van der Waals surface area contributed by atoms with Crippen LogP contribution in [0.25, 0.3) is 112 Å². The van der Waals surface area contributed by atoms with Crippen LogP contribution in [0.3, 0.4) is 0 Å². The van der Waals surface area contributed by atoms with Crippen LogP contribution in [0.5, 0.6) is 46.0 Å². The molecule has 16 aromatic rings. The van der Waals surface area contributed by atoms with E-state index in [1.807, 2.05) is 176 Å². The van der Waals surface area contributed by atoms with E-state index in [1.54, 1.807) is 87.1 Å². The number of alkyl halides is 4. The molecule has 0 amide bonds. The largest absolute Gasteiger partial charge is 0.496 e. The van der Waals surface area contributed by atoms with Crippen LogP contribution in [0.15, 0.2) is 196 Å². The molecule has 592 valence electrons. The SMILES string of the molecule is COc1cc(-c2cnc3cc(-c4cnn(C)c4)ccn23)cc(OC(F)F)c1C(C)=O.COc1cc(-c2cnc3cc(-c4cnn(C)c4)ccn23)cc(OC)c1C(C)=O.COc1cc(-n2cnc3cc(-c4cnn(C)c4)ccc32)cc(OC(F)F)c1C(C)=O.COc1cc(-n2cnc3cc(-c4cnn(C)c4)ccc32)cc(OC)c1C(C)=O. The number of carbonyl (C=O) groups is 4. The number of hydrogen-bond acceptors (Lipinski definition) is 20. The number of fused-ring (bicyclic) bond motifs is 4. The van der Waals surface area contributed by atoms with E-state index in [4.69, 9.17) is 28.4 Å². The summed E-state index contributed by atoms with van der Waals surface area (Å²) in [7, 11) is 16.4. The molecule has 10 aromatic heterocycles. The second kappa shape index (κ2) is 33.7. The molecule has 6 aromatic carbocycles. The predicted molar refractivity (Wildman–Crippen MR) is 425 cm³/mol. The van der Waals surface area contributed by atoms with Gasteiger partial charge in [-0.25, -0.2) is 19.9 Å². The smallest absolute Gasteiger partial charge is 0.387 e. The summed E-state index contributed by atoms with van der Waals surface area (Å²) in [5.41, 5.74) is 17.6. The van der Waals surface area contributed by atoms with Crippen molar-refractivity contribution in [3.8, 4) is 124 Å². The highest BCUT2D eigenvalue weighted by Gasteiger charge is 2.26. The number of methoxy groups -OCH3 is 6. The summed E-state index contributed by atoms with van der Waals surface area (Å²) >= 11 is 0. The van der Waals surface area contributed by atoms with Crippen LogP contribution in [0.1, 0.15) is 69.1 Å². The Morgan fingerprint density at radius 2 is 0.612 bits per heavy atom. The molecule has 32 heteroatoms. The molecule has 28 nitrogen and oxygen atoms in total. The first-order chi connectivity index (χ1) is 55.8. The average Bonchev–Trinajstić information content (AvgIpc) is 1.20. The first kappa shape index (κ1) is 79.4. The Morgan fingerprint density at radius 1 is 0.328 bits per heavy atom. The molecule has 0 aliphatic rings. The molecule has 0 aliphatic carbocycles. The molecular formula is C84H76F4N16O12. The molecule has 0 spiro atoms. The van der Waals surface area contributed by atoms with E-state index < -0.39 is 24.8 Å². The topological polar surface area (TPSA) is 284 Å². The van der Waals surface area contributed by atoms with Crippen LogP contribution in [0.2, 0.25) is 0 Å². The number of nitrogens with zero attached hydrogens (tertiary/aromatic N) is 16. The lowest BCUT2D eigenvalue weighted by Crippen LogP contribution is -2.09. The molecule has 0 saturated heterocycles. The van der Waals surface area contributed by atoms with Crippen LogP contribution >= 0.6 is 0 Å². The zero-order valence-corrected chi connectivity index (χ0v) is 65.2. The third-order valence-corrected chi connectivity index (χ3v) is 18.8. The highest BCUT2D eigenvalue weighted by Crippen LogP contribution is 2.41. The number of benzene rings is 6. The van der Waals surface area contributed by atoms with Crippen molar-refractivity contribution in [1.29, 1.82) is 0 Å². The number of ether oxygens (including phenoxy) is 8. The lowest BCUT2D eigenvalue weighted by molar-refractivity contribution is -0.0509. The van der Waals surface area contributed by atoms with E-state index >= 15 is 0 Å². The third kappa shape index (κ3) is 16.5. The Labute approximate surface area is 659 Å². The number of carbonyl (C=O) groups excluding carboxylic acids is 4. The summed E-state index contributed by atoms with van der Waals surface area (Å²) < 4.78 is 108. The Hall–Kier alpha value is -14.7. The summed E-state index contributed by atoms with van der Waals surface area (Å²) in [6.07, 6.45) is 25.4. The monoisotopic (exact) mass is 1580 g/mol. The van der Waals surface area contributed by atoms with E-state index in [0.29, 0.717) is 62.2 Å². The van der Waals surface area contributed by atoms with Crippen LogP contribution in [0, 0.1) is 0 Å². The summed E-state index contributed by atoms with van der Waals surface area (Å²) in [5, 5.41) is 16.8. The number of rotatable bonds is 22. The molecule has 0 bridgehead atoms. The minimum absolute atomic E-state index is 0.0331. The van der Waals surface area contributed by atoms with Gasteiger partial charge >= 0.3 is 13.2 Å². The number of ketones is 4. The zero-order valence-electron chi connectivity index (χ0n) is 65.2. The maximum atomic E-state index is 12.9. The van der Waals surface area contributed by atoms with Gasteiger partial charge in [0.25, 0.3) is 0 Å². The van der Waals surface area contributed by atoms with Gasteiger partial charge in [-0.15, -0.1) is 0 Å². The Balaban J connectivity index is 0.000000135. The summed E-state index contributed by atoms with van der Waals surface area (Å²) in [5.74, 6) is 0.589. The van der Waals surface area contributed by atoms with E-state index in [0.717, 1.165) is 83.6 Å². The molecule has 116 heavy (non-hydrogen) atoms. The van der Waals surface area contributed by atoms with Crippen molar-refractivity contribution in [2.24, 2.45) is 28.2 Å². The molecule has 0 aliphatic heterocycles. The van der Waals surface area contributed by atoms with Crippen molar-refractivity contribution in [3.05, 3.63) is 218 Å². The Morgan fingerprint density at radius 3 is 0.905 bits per heavy atom. The number of imidazole rings is 4. The van der Waals surface area contributed by atoms with Crippen molar-refractivity contribution >= 4 is 56.5 Å². The van der Waals surface area contributed by atoms with Gasteiger partial charge in [-0.1, -0.05) is 12.1 Å². The van der Waals surface area contributed by atoms with Crippen molar-refractivity contribution in [2.45, 2.75) is 40.9 Å². The lowest BCUT2D eigenvalue weighted by atomic mass is 10.0. The first-order valence-corrected chi connectivity index (χ1v) is 35.5. The molecule has 0 saturated carbocycles. The van der Waals surface area contributed by atoms with Gasteiger partial charge in [-0.3, -0.25) is 55.8 Å². The van der Waals surface area contributed by atoms with Crippen molar-refractivity contribution in [1.82, 2.24) is 77.0 Å². The lowest BCUT2D eigenvalue weighted by Gasteiger charge is -2.15. The fraction of sp³-hybridized carbons (Fsp3) is 0.190. The second-order valence-electron chi connectivity index (χ2n) is 26.4. The van der Waals surface area contributed by atoms with Crippen molar-refractivity contribution in [2.75, 3.05) is 42.7 Å². The van der Waals surface area contributed by atoms with E-state index in [1.165, 1.54) is 68.3 Å². The Bertz CT molecular complexity index is 5970. The standard InChI is InChI=1S/2C21H18F2N4O3.2C21H20N4O3/c1-12(28)20-17(29-3)6-14(7-18(20)30-21(22)23)16-10-24-19-8-13(4-5-27(16)19)15-9-25-26(2)11-15;1-12(28)20-18(29-3)7-15(8-19(20)30-21(22)23)27-11-24-16-6-13(4-5-17(16)27)14-9-25-26(2)10-14;1-13(26)21-18(27-3)7-15(8-19(21)28-4)17-11-22-20-9-14(5-6-25(17)20)16-10-23-24(2)12-16;1-13(26)21-19(27-3)8-16(9-20(21)28-4)25-12-22-17-7-14(5-6-18(17)25)15-10-23-24(2)11-15/h2*4-11,21H,1-3H3;2*5-12H,1-4H3. The molecule has 0 unspecified atom stereocenters. The first-order valence-electron chi connectivity index (χ1n) is 35.5. The highest BCUT2D eigenvalue weighted by molar-refractivity contribution is 6.03. The fourth-order valence-electron chi connectivity index (χ4n) is 13.5. The average molecular weight is 1580 g/mol. The minimum atomic E-state index is -3.08. The molecule has 16 rings (SSSR count). The maximum absolute atomic E-state index is 12.9. The van der Waals surface area contributed by atoms with Crippen molar-refractivity contribution < 1.29 is 74.6 Å². The van der Waals surface area contributed by atoms with Gasteiger partial charge in [0.05, 0.1) is 125 Å². The fourth-order valence-corrected chi connectivity index (χ4v) is 13.5. The van der Waals surface area contributed by atoms with Crippen LogP contribution in [0.4, 0.5) is 17.6 Å². The van der Waals surface area contributed by atoms with Gasteiger partial charge in [0, 0.05) is 123 Å². The van der Waals surface area contributed by atoms with Gasteiger partial charge < -0.3 is 37.9 Å². The zero-order chi connectivity index (χ0) is 82.5. The van der Waals surface area contributed by atoms with Gasteiger partial charge in [-0.2, -0.15) is 38.0 Å². The maximum Gasteiger partial charge on any atom is 0.387 e. The predicted octanol–water partition coefficient (Wildman–Crippen LogP) is 15.7. The van der Waals surface area contributed by atoms with Crippen molar-refractivity contribution in [3.63, 3.8) is 0 Å². The quantitative estimate of drug-likeness (QED) is 0.0450. The van der Waals surface area contributed by atoms with Gasteiger partial charge in [0.15, 0.2) is 23.1 Å². The molecule has 0 radical (unpaired) electrons. The molecule has 0 atom stereocenters. The van der Waals surface area contributed by atoms with E-state index in [9.17, 15) is 36.7 Å². The highest BCUT2D eigenvalue weighted by atomic mass is 19.3. The number of Topliss-reactive ketones (excluding diaryl/α,β-unsaturated/α-hetero) is 4. The second-order valence-corrected chi connectivity index (χ2v) is 26.4. The van der Waals surface area contributed by atoms with Crippen LogP contribution in [-0.4, -0.2) is 156 Å². The summed E-state index contributed by atoms with van der Waals surface area (Å²) in [6, 6.07) is 32.9. The van der Waals surface area contributed by atoms with E-state index in [-0.39, 0.29) is 45.7 Å². The Kier molecular flexibility index (Phi) is 23.1. The molecular weight excluding hydrogens is 1500 g/mol.